The van der Waals surface area contributed by atoms with Crippen LogP contribution >= 0.6 is 0 Å². The average molecular weight is 211 g/mol. The van der Waals surface area contributed by atoms with E-state index in [-0.39, 0.29) is 11.8 Å². The zero-order valence-electron chi connectivity index (χ0n) is 10.0. The van der Waals surface area contributed by atoms with E-state index in [4.69, 9.17) is 5.73 Å². The number of rotatable bonds is 10. The Morgan fingerprint density at radius 2 is 1.93 bits per heavy atom. The maximum Gasteiger partial charge on any atom is 0.220 e. The van der Waals surface area contributed by atoms with Gasteiger partial charge in [0.25, 0.3) is 0 Å². The highest BCUT2D eigenvalue weighted by Gasteiger charge is 2.13. The van der Waals surface area contributed by atoms with E-state index in [1.54, 1.807) is 0 Å². The first-order valence-electron chi connectivity index (χ1n) is 6.12. The zero-order valence-corrected chi connectivity index (χ0v) is 10.0. The van der Waals surface area contributed by atoms with Crippen LogP contribution in [-0.2, 0) is 4.79 Å². The summed E-state index contributed by atoms with van der Waals surface area (Å²) in [6.07, 6.45) is 10.7. The van der Waals surface area contributed by atoms with Gasteiger partial charge in [0.05, 0.1) is 0 Å². The van der Waals surface area contributed by atoms with E-state index in [9.17, 15) is 4.79 Å². The molecule has 0 fully saturated rings. The van der Waals surface area contributed by atoms with Gasteiger partial charge < -0.3 is 5.73 Å². The molecule has 15 heavy (non-hydrogen) atoms. The van der Waals surface area contributed by atoms with E-state index in [1.165, 1.54) is 12.8 Å². The van der Waals surface area contributed by atoms with Gasteiger partial charge in [0.2, 0.25) is 5.91 Å². The quantitative estimate of drug-likeness (QED) is 0.436. The first-order chi connectivity index (χ1) is 7.22. The topological polar surface area (TPSA) is 43.1 Å². The molecule has 0 heterocycles. The molecule has 1 atom stereocenters. The highest BCUT2D eigenvalue weighted by molar-refractivity contribution is 5.76. The van der Waals surface area contributed by atoms with Crippen LogP contribution in [0.1, 0.15) is 58.3 Å². The lowest BCUT2D eigenvalue weighted by atomic mass is 9.95. The summed E-state index contributed by atoms with van der Waals surface area (Å²) in [4.78, 5) is 11.1. The summed E-state index contributed by atoms with van der Waals surface area (Å²) < 4.78 is 0. The zero-order chi connectivity index (χ0) is 11.5. The molecule has 0 aromatic rings. The number of unbranched alkanes of at least 4 members (excludes halogenated alkanes) is 4. The molecule has 0 saturated heterocycles. The molecule has 0 aliphatic carbocycles. The van der Waals surface area contributed by atoms with Crippen molar-refractivity contribution >= 4 is 5.91 Å². The van der Waals surface area contributed by atoms with E-state index in [2.05, 4.69) is 13.5 Å². The Hall–Kier alpha value is -0.790. The largest absolute Gasteiger partial charge is 0.369 e. The van der Waals surface area contributed by atoms with E-state index in [0.717, 1.165) is 38.5 Å². The number of hydrogen-bond acceptors (Lipinski definition) is 1. The first-order valence-corrected chi connectivity index (χ1v) is 6.12. The minimum Gasteiger partial charge on any atom is -0.369 e. The molecule has 0 aliphatic heterocycles. The summed E-state index contributed by atoms with van der Waals surface area (Å²) in [6, 6.07) is 0. The number of primary amides is 1. The highest BCUT2D eigenvalue weighted by atomic mass is 16.1. The smallest absolute Gasteiger partial charge is 0.220 e. The fourth-order valence-electron chi connectivity index (χ4n) is 1.74. The number of nitrogens with two attached hydrogens (primary N) is 1. The van der Waals surface area contributed by atoms with Crippen molar-refractivity contribution in [1.82, 2.24) is 0 Å². The van der Waals surface area contributed by atoms with Crippen LogP contribution in [0, 0.1) is 5.92 Å². The van der Waals surface area contributed by atoms with Gasteiger partial charge in [0.1, 0.15) is 0 Å². The molecule has 0 aromatic carbocycles. The molecule has 2 N–H and O–H groups in total. The van der Waals surface area contributed by atoms with Gasteiger partial charge in [-0.2, -0.15) is 0 Å². The molecule has 0 radical (unpaired) electrons. The van der Waals surface area contributed by atoms with Gasteiger partial charge in [-0.1, -0.05) is 38.7 Å². The third-order valence-corrected chi connectivity index (χ3v) is 2.77. The Labute approximate surface area is 93.9 Å². The van der Waals surface area contributed by atoms with Crippen molar-refractivity contribution in [3.63, 3.8) is 0 Å². The van der Waals surface area contributed by atoms with Crippen molar-refractivity contribution in [3.05, 3.63) is 12.7 Å². The van der Waals surface area contributed by atoms with Crippen LogP contribution in [0.2, 0.25) is 0 Å². The highest BCUT2D eigenvalue weighted by Crippen LogP contribution is 2.16. The van der Waals surface area contributed by atoms with Crippen molar-refractivity contribution in [1.29, 1.82) is 0 Å². The summed E-state index contributed by atoms with van der Waals surface area (Å²) >= 11 is 0. The summed E-state index contributed by atoms with van der Waals surface area (Å²) in [5.74, 6) is -0.0131. The second-order valence-corrected chi connectivity index (χ2v) is 4.17. The predicted octanol–water partition coefficient (Wildman–Crippen LogP) is 3.41. The third kappa shape index (κ3) is 8.22. The van der Waals surface area contributed by atoms with Crippen molar-refractivity contribution < 1.29 is 4.79 Å². The van der Waals surface area contributed by atoms with Crippen LogP contribution in [-0.4, -0.2) is 5.91 Å². The third-order valence-electron chi connectivity index (χ3n) is 2.77. The normalized spacial score (nSPS) is 12.3. The number of amides is 1. The SMILES string of the molecule is C=CCCCCCC(CCCC)C(N)=O. The molecule has 0 bridgehead atoms. The van der Waals surface area contributed by atoms with Gasteiger partial charge >= 0.3 is 0 Å². The maximum absolute atomic E-state index is 11.1. The van der Waals surface area contributed by atoms with E-state index >= 15 is 0 Å². The molecule has 0 rings (SSSR count). The fraction of sp³-hybridized carbons (Fsp3) is 0.769. The van der Waals surface area contributed by atoms with Crippen LogP contribution in [0.15, 0.2) is 12.7 Å². The van der Waals surface area contributed by atoms with Crippen molar-refractivity contribution in [2.75, 3.05) is 0 Å². The summed E-state index contributed by atoms with van der Waals surface area (Å²) in [6.45, 7) is 5.83. The molecule has 0 saturated carbocycles. The number of allylic oxidation sites excluding steroid dienone is 1. The minimum atomic E-state index is -0.118. The summed E-state index contributed by atoms with van der Waals surface area (Å²) in [5.41, 5.74) is 5.36. The molecule has 1 amide bonds. The van der Waals surface area contributed by atoms with Crippen molar-refractivity contribution in [3.8, 4) is 0 Å². The second-order valence-electron chi connectivity index (χ2n) is 4.17. The molecule has 2 heteroatoms. The van der Waals surface area contributed by atoms with Crippen molar-refractivity contribution in [2.24, 2.45) is 11.7 Å². The van der Waals surface area contributed by atoms with Gasteiger partial charge in [-0.15, -0.1) is 6.58 Å². The number of carbonyl (C=O) groups excluding carboxylic acids is 1. The van der Waals surface area contributed by atoms with Gasteiger partial charge in [-0.05, 0) is 25.7 Å². The van der Waals surface area contributed by atoms with E-state index in [0.29, 0.717) is 0 Å². The molecular weight excluding hydrogens is 186 g/mol. The van der Waals surface area contributed by atoms with Crippen LogP contribution < -0.4 is 5.73 Å². The Bertz CT molecular complexity index is 177. The molecule has 0 spiro atoms. The summed E-state index contributed by atoms with van der Waals surface area (Å²) in [7, 11) is 0. The average Bonchev–Trinajstić information content (AvgIpc) is 2.21. The molecule has 0 aromatic heterocycles. The Kier molecular flexibility index (Phi) is 9.24. The predicted molar refractivity (Wildman–Crippen MR) is 65.5 cm³/mol. The van der Waals surface area contributed by atoms with Crippen LogP contribution in [0.4, 0.5) is 0 Å². The number of carbonyl (C=O) groups is 1. The maximum atomic E-state index is 11.1. The molecule has 1 unspecified atom stereocenters. The first kappa shape index (κ1) is 14.2. The van der Waals surface area contributed by atoms with Crippen molar-refractivity contribution in [2.45, 2.75) is 58.3 Å². The lowest BCUT2D eigenvalue weighted by Gasteiger charge is -2.12. The standard InChI is InChI=1S/C13H25NO/c1-3-5-7-8-9-11-12(13(14)15)10-6-4-2/h3,12H,1,4-11H2,2H3,(H2,14,15). The Balaban J connectivity index is 3.57. The molecule has 0 aliphatic rings. The lowest BCUT2D eigenvalue weighted by Crippen LogP contribution is -2.23. The summed E-state index contributed by atoms with van der Waals surface area (Å²) in [5, 5.41) is 0. The van der Waals surface area contributed by atoms with Gasteiger partial charge in [0, 0.05) is 5.92 Å². The monoisotopic (exact) mass is 211 g/mol. The molecular formula is C13H25NO. The Morgan fingerprint density at radius 3 is 2.47 bits per heavy atom. The van der Waals surface area contributed by atoms with Gasteiger partial charge in [-0.25, -0.2) is 0 Å². The molecule has 88 valence electrons. The van der Waals surface area contributed by atoms with E-state index < -0.39 is 0 Å². The van der Waals surface area contributed by atoms with Gasteiger partial charge in [0.15, 0.2) is 0 Å². The molecule has 2 nitrogen and oxygen atoms in total. The Morgan fingerprint density at radius 1 is 1.27 bits per heavy atom. The minimum absolute atomic E-state index is 0.105. The van der Waals surface area contributed by atoms with Gasteiger partial charge in [-0.3, -0.25) is 4.79 Å². The van der Waals surface area contributed by atoms with Crippen LogP contribution in [0.5, 0.6) is 0 Å². The van der Waals surface area contributed by atoms with E-state index in [1.807, 2.05) is 6.08 Å². The van der Waals surface area contributed by atoms with Crippen LogP contribution in [0.3, 0.4) is 0 Å². The fourth-order valence-corrected chi connectivity index (χ4v) is 1.74. The number of hydrogen-bond donors (Lipinski definition) is 1. The second kappa shape index (κ2) is 9.75. The van der Waals surface area contributed by atoms with Crippen LogP contribution in [0.25, 0.3) is 0 Å². The lowest BCUT2D eigenvalue weighted by molar-refractivity contribution is -0.122.